The second-order valence-corrected chi connectivity index (χ2v) is 3.59. The van der Waals surface area contributed by atoms with E-state index >= 15 is 0 Å². The Morgan fingerprint density at radius 1 is 1.53 bits per heavy atom. The molecule has 1 aromatic carbocycles. The summed E-state index contributed by atoms with van der Waals surface area (Å²) in [6, 6.07) is 7.30. The summed E-state index contributed by atoms with van der Waals surface area (Å²) < 4.78 is 1.71. The van der Waals surface area contributed by atoms with Gasteiger partial charge < -0.3 is 4.57 Å². The number of benzene rings is 1. The molecule has 0 saturated carbocycles. The summed E-state index contributed by atoms with van der Waals surface area (Å²) in [4.78, 5) is 10.8. The van der Waals surface area contributed by atoms with Crippen LogP contribution in [0.2, 0.25) is 5.02 Å². The lowest BCUT2D eigenvalue weighted by atomic mass is 10.2. The lowest BCUT2D eigenvalue weighted by Crippen LogP contribution is -1.92. The Bertz CT molecular complexity index is 566. The number of halogens is 1. The van der Waals surface area contributed by atoms with E-state index in [1.54, 1.807) is 29.0 Å². The van der Waals surface area contributed by atoms with Crippen molar-refractivity contribution >= 4 is 28.8 Å². The number of rotatable bonds is 2. The van der Waals surface area contributed by atoms with Crippen molar-refractivity contribution in [2.24, 2.45) is 0 Å². The molecule has 0 unspecified atom stereocenters. The van der Waals surface area contributed by atoms with E-state index in [1.165, 1.54) is 0 Å². The molecule has 0 aliphatic rings. The molecule has 3 nitrogen and oxygen atoms in total. The molecule has 4 heteroatoms. The molecule has 2 rings (SSSR count). The van der Waals surface area contributed by atoms with Crippen molar-refractivity contribution in [3.8, 4) is 6.07 Å². The SMILES string of the molecule is N#CCn1cc(C=O)c2ccc(Cl)cc21. The van der Waals surface area contributed by atoms with E-state index in [-0.39, 0.29) is 6.54 Å². The van der Waals surface area contributed by atoms with Crippen LogP contribution in [0.3, 0.4) is 0 Å². The molecule has 0 saturated heterocycles. The summed E-state index contributed by atoms with van der Waals surface area (Å²) in [6.07, 6.45) is 2.45. The van der Waals surface area contributed by atoms with Crippen LogP contribution in [0.5, 0.6) is 0 Å². The third kappa shape index (κ3) is 1.60. The van der Waals surface area contributed by atoms with Gasteiger partial charge in [0.15, 0.2) is 6.29 Å². The number of carbonyl (C=O) groups excluding carboxylic acids is 1. The van der Waals surface area contributed by atoms with Crippen molar-refractivity contribution in [3.05, 3.63) is 35.0 Å². The minimum absolute atomic E-state index is 0.213. The van der Waals surface area contributed by atoms with Gasteiger partial charge in [-0.2, -0.15) is 5.26 Å². The fraction of sp³-hybridized carbons (Fsp3) is 0.0909. The van der Waals surface area contributed by atoms with E-state index in [2.05, 4.69) is 0 Å². The predicted octanol–water partition coefficient (Wildman–Crippen LogP) is 2.63. The van der Waals surface area contributed by atoms with Crippen LogP contribution in [0.25, 0.3) is 10.9 Å². The van der Waals surface area contributed by atoms with Crippen molar-refractivity contribution in [1.82, 2.24) is 4.57 Å². The van der Waals surface area contributed by atoms with Gasteiger partial charge in [-0.1, -0.05) is 17.7 Å². The minimum atomic E-state index is 0.213. The predicted molar refractivity (Wildman–Crippen MR) is 57.9 cm³/mol. The number of hydrogen-bond donors (Lipinski definition) is 0. The molecule has 74 valence electrons. The van der Waals surface area contributed by atoms with Crippen LogP contribution < -0.4 is 0 Å². The highest BCUT2D eigenvalue weighted by molar-refractivity contribution is 6.31. The van der Waals surface area contributed by atoms with Gasteiger partial charge in [-0.3, -0.25) is 4.79 Å². The Labute approximate surface area is 91.5 Å². The number of hydrogen-bond acceptors (Lipinski definition) is 2. The first-order valence-electron chi connectivity index (χ1n) is 4.37. The van der Waals surface area contributed by atoms with E-state index < -0.39 is 0 Å². The van der Waals surface area contributed by atoms with Crippen molar-refractivity contribution in [2.45, 2.75) is 6.54 Å². The molecule has 0 spiro atoms. The highest BCUT2D eigenvalue weighted by Gasteiger charge is 2.07. The zero-order valence-electron chi connectivity index (χ0n) is 7.77. The summed E-state index contributed by atoms with van der Waals surface area (Å²) in [5, 5.41) is 10.1. The number of nitrogens with zero attached hydrogens (tertiary/aromatic N) is 2. The molecule has 0 atom stereocenters. The second-order valence-electron chi connectivity index (χ2n) is 3.15. The first-order valence-corrected chi connectivity index (χ1v) is 4.74. The topological polar surface area (TPSA) is 45.8 Å². The normalized spacial score (nSPS) is 10.1. The van der Waals surface area contributed by atoms with Crippen molar-refractivity contribution in [2.75, 3.05) is 0 Å². The smallest absolute Gasteiger partial charge is 0.152 e. The number of nitriles is 1. The standard InChI is InChI=1S/C11H7ClN2O/c12-9-1-2-10-8(7-15)6-14(4-3-13)11(10)5-9/h1-2,5-7H,4H2. The molecule has 1 aromatic heterocycles. The van der Waals surface area contributed by atoms with Gasteiger partial charge in [-0.05, 0) is 12.1 Å². The molecule has 2 aromatic rings. The zero-order valence-corrected chi connectivity index (χ0v) is 8.53. The van der Waals surface area contributed by atoms with E-state index in [0.29, 0.717) is 10.6 Å². The van der Waals surface area contributed by atoms with Crippen molar-refractivity contribution in [1.29, 1.82) is 5.26 Å². The highest BCUT2D eigenvalue weighted by Crippen LogP contribution is 2.23. The van der Waals surface area contributed by atoms with E-state index in [9.17, 15) is 4.79 Å². The quantitative estimate of drug-likeness (QED) is 0.728. The maximum atomic E-state index is 10.8. The fourth-order valence-corrected chi connectivity index (χ4v) is 1.76. The molecule has 0 radical (unpaired) electrons. The van der Waals surface area contributed by atoms with Gasteiger partial charge in [0.1, 0.15) is 6.54 Å². The van der Waals surface area contributed by atoms with Gasteiger partial charge in [0.2, 0.25) is 0 Å². The monoisotopic (exact) mass is 218 g/mol. The van der Waals surface area contributed by atoms with Gasteiger partial charge >= 0.3 is 0 Å². The maximum Gasteiger partial charge on any atom is 0.152 e. The molecule has 0 fully saturated rings. The molecule has 0 amide bonds. The Morgan fingerprint density at radius 2 is 2.33 bits per heavy atom. The second kappa shape index (κ2) is 3.76. The third-order valence-electron chi connectivity index (χ3n) is 2.24. The van der Waals surface area contributed by atoms with Crippen LogP contribution in [-0.4, -0.2) is 10.9 Å². The number of fused-ring (bicyclic) bond motifs is 1. The minimum Gasteiger partial charge on any atom is -0.333 e. The first kappa shape index (κ1) is 9.75. The molecule has 0 aliphatic carbocycles. The molecule has 0 aliphatic heterocycles. The number of aldehydes is 1. The van der Waals surface area contributed by atoms with Gasteiger partial charge in [-0.15, -0.1) is 0 Å². The van der Waals surface area contributed by atoms with E-state index in [1.807, 2.05) is 6.07 Å². The van der Waals surface area contributed by atoms with Crippen molar-refractivity contribution < 1.29 is 4.79 Å². The molecule has 0 bridgehead atoms. The van der Waals surface area contributed by atoms with Gasteiger partial charge in [0.05, 0.1) is 11.6 Å². The highest BCUT2D eigenvalue weighted by atomic mass is 35.5. The first-order chi connectivity index (χ1) is 7.26. The maximum absolute atomic E-state index is 10.8. The molecular formula is C11H7ClN2O. The summed E-state index contributed by atoms with van der Waals surface area (Å²) in [6.45, 7) is 0.213. The number of carbonyl (C=O) groups is 1. The molecular weight excluding hydrogens is 212 g/mol. The number of aromatic nitrogens is 1. The summed E-state index contributed by atoms with van der Waals surface area (Å²) in [5.74, 6) is 0. The average molecular weight is 219 g/mol. The van der Waals surface area contributed by atoms with Crippen LogP contribution in [0, 0.1) is 11.3 Å². The van der Waals surface area contributed by atoms with Crippen LogP contribution in [0.15, 0.2) is 24.4 Å². The van der Waals surface area contributed by atoms with Gasteiger partial charge in [0, 0.05) is 22.2 Å². The molecule has 1 heterocycles. The van der Waals surface area contributed by atoms with Gasteiger partial charge in [0.25, 0.3) is 0 Å². The Hall–Kier alpha value is -1.79. The van der Waals surface area contributed by atoms with Crippen LogP contribution >= 0.6 is 11.6 Å². The van der Waals surface area contributed by atoms with E-state index in [4.69, 9.17) is 16.9 Å². The van der Waals surface area contributed by atoms with Gasteiger partial charge in [-0.25, -0.2) is 0 Å². The van der Waals surface area contributed by atoms with Crippen LogP contribution in [0.4, 0.5) is 0 Å². The fourth-order valence-electron chi connectivity index (χ4n) is 1.59. The summed E-state index contributed by atoms with van der Waals surface area (Å²) in [5.41, 5.74) is 1.39. The van der Waals surface area contributed by atoms with Crippen molar-refractivity contribution in [3.63, 3.8) is 0 Å². The van der Waals surface area contributed by atoms with E-state index in [0.717, 1.165) is 17.2 Å². The Balaban J connectivity index is 2.76. The Morgan fingerprint density at radius 3 is 3.00 bits per heavy atom. The molecule has 15 heavy (non-hydrogen) atoms. The zero-order chi connectivity index (χ0) is 10.8. The Kier molecular flexibility index (Phi) is 2.44. The lowest BCUT2D eigenvalue weighted by molar-refractivity contribution is 0.112. The third-order valence-corrected chi connectivity index (χ3v) is 2.48. The van der Waals surface area contributed by atoms with Crippen LogP contribution in [0.1, 0.15) is 10.4 Å². The lowest BCUT2D eigenvalue weighted by Gasteiger charge is -1.98. The largest absolute Gasteiger partial charge is 0.333 e. The summed E-state index contributed by atoms with van der Waals surface area (Å²) in [7, 11) is 0. The molecule has 0 N–H and O–H groups in total. The summed E-state index contributed by atoms with van der Waals surface area (Å²) >= 11 is 5.86. The average Bonchev–Trinajstić information content (AvgIpc) is 2.57. The van der Waals surface area contributed by atoms with Crippen LogP contribution in [-0.2, 0) is 6.54 Å².